The van der Waals surface area contributed by atoms with Crippen molar-refractivity contribution in [1.82, 2.24) is 0 Å². The highest BCUT2D eigenvalue weighted by molar-refractivity contribution is 5.14. The van der Waals surface area contributed by atoms with Gasteiger partial charge in [0.05, 0.1) is 6.61 Å². The Bertz CT molecular complexity index is 1080. The van der Waals surface area contributed by atoms with E-state index in [1.54, 1.807) is 14.2 Å². The van der Waals surface area contributed by atoms with Gasteiger partial charge >= 0.3 is 0 Å². The SMILES string of the molecule is CC1(C)O[C@@H]2C(O)[C@@H]3OC(C)(C)O[C@H]3C(OCc3ccccc3)[C@H]2O1.COC1[C@H]2OC(C)(C)O[C@@H]2C(OC)[C@@H]2OC(C)(C)O[C@@H]12. The number of rotatable bonds is 5. The van der Waals surface area contributed by atoms with Crippen LogP contribution >= 0.6 is 0 Å². The van der Waals surface area contributed by atoms with Crippen molar-refractivity contribution in [3.8, 4) is 0 Å². The van der Waals surface area contributed by atoms with Crippen LogP contribution in [0.3, 0.4) is 0 Å². The van der Waals surface area contributed by atoms with Crippen LogP contribution in [0, 0.1) is 0 Å². The van der Waals surface area contributed by atoms with E-state index in [0.29, 0.717) is 6.61 Å². The van der Waals surface area contributed by atoms with Crippen LogP contribution in [0.4, 0.5) is 0 Å². The Morgan fingerprint density at radius 2 is 0.822 bits per heavy atom. The summed E-state index contributed by atoms with van der Waals surface area (Å²) in [6.45, 7) is 15.4. The maximum absolute atomic E-state index is 10.8. The normalized spacial score (nSPS) is 44.7. The van der Waals surface area contributed by atoms with Crippen LogP contribution in [0.25, 0.3) is 0 Å². The Morgan fingerprint density at radius 3 is 1.16 bits per heavy atom. The first kappa shape index (κ1) is 33.6. The molecule has 1 N–H and O–H groups in total. The molecular weight excluding hydrogens is 588 g/mol. The van der Waals surface area contributed by atoms with Crippen LogP contribution in [0.15, 0.2) is 30.3 Å². The summed E-state index contributed by atoms with van der Waals surface area (Å²) in [6.07, 6.45) is -4.41. The summed E-state index contributed by atoms with van der Waals surface area (Å²) in [5.41, 5.74) is 1.07. The minimum atomic E-state index is -0.824. The van der Waals surface area contributed by atoms with Crippen LogP contribution in [0.1, 0.15) is 61.0 Å². The summed E-state index contributed by atoms with van der Waals surface area (Å²) in [4.78, 5) is 0. The van der Waals surface area contributed by atoms with Crippen molar-refractivity contribution in [1.29, 1.82) is 0 Å². The van der Waals surface area contributed by atoms with Crippen LogP contribution < -0.4 is 0 Å². The van der Waals surface area contributed by atoms with Crippen molar-refractivity contribution < 1.29 is 57.2 Å². The van der Waals surface area contributed by atoms with E-state index >= 15 is 0 Å². The zero-order chi connectivity index (χ0) is 32.5. The molecule has 12 atom stereocenters. The second kappa shape index (κ2) is 12.0. The van der Waals surface area contributed by atoms with Gasteiger partial charge in [-0.25, -0.2) is 0 Å². The first-order valence-electron chi connectivity index (χ1n) is 15.9. The lowest BCUT2D eigenvalue weighted by molar-refractivity contribution is -0.190. The molecule has 6 aliphatic rings. The molecule has 6 fully saturated rings. The number of fused-ring (bicyclic) bond motifs is 4. The van der Waals surface area contributed by atoms with E-state index in [-0.39, 0.29) is 42.7 Å². The number of ether oxygens (including phenoxy) is 11. The molecule has 7 rings (SSSR count). The van der Waals surface area contributed by atoms with Crippen LogP contribution in [0.2, 0.25) is 0 Å². The largest absolute Gasteiger partial charge is 0.387 e. The lowest BCUT2D eigenvalue weighted by Crippen LogP contribution is -2.62. The average molecular weight is 639 g/mol. The van der Waals surface area contributed by atoms with Crippen molar-refractivity contribution >= 4 is 0 Å². The molecule has 4 aliphatic heterocycles. The van der Waals surface area contributed by atoms with Gasteiger partial charge in [0.1, 0.15) is 73.2 Å². The second-order valence-electron chi connectivity index (χ2n) is 14.4. The molecule has 2 saturated carbocycles. The Hall–Kier alpha value is -1.26. The summed E-state index contributed by atoms with van der Waals surface area (Å²) >= 11 is 0. The second-order valence-corrected chi connectivity index (χ2v) is 14.4. The summed E-state index contributed by atoms with van der Waals surface area (Å²) in [6, 6.07) is 9.95. The van der Waals surface area contributed by atoms with Gasteiger partial charge in [0.25, 0.3) is 0 Å². The highest BCUT2D eigenvalue weighted by atomic mass is 16.8. The zero-order valence-electron chi connectivity index (χ0n) is 28.0. The Kier molecular flexibility index (Phi) is 8.98. The van der Waals surface area contributed by atoms with Crippen LogP contribution in [-0.2, 0) is 58.7 Å². The predicted molar refractivity (Wildman–Crippen MR) is 158 cm³/mol. The third kappa shape index (κ3) is 6.59. The number of hydrogen-bond acceptors (Lipinski definition) is 12. The minimum Gasteiger partial charge on any atom is -0.387 e. The molecule has 0 amide bonds. The van der Waals surface area contributed by atoms with Gasteiger partial charge < -0.3 is 57.2 Å². The van der Waals surface area contributed by atoms with E-state index in [9.17, 15) is 5.11 Å². The van der Waals surface area contributed by atoms with Crippen molar-refractivity contribution in [2.45, 2.75) is 158 Å². The standard InChI is InChI=1S/C19H26O6.C14H24O6/c1-18(2)22-13-12(20)14-17(25-19(3,4)23-14)15(16(13)24-18)21-10-11-8-6-5-7-9-11;1-13(2)17-9-7(15-5)11-12(20-14(3,4)19-11)8(16-6)10(9)18-13/h5-9,12-17,20H,10H2,1-4H3;7-12H,1-6H3/t12?,13-,14+,15?,16+,17-;7?,8?,9-,10-,11+,12+. The third-order valence-electron chi connectivity index (χ3n) is 9.10. The summed E-state index contributed by atoms with van der Waals surface area (Å²) in [7, 11) is 3.32. The molecule has 4 heterocycles. The van der Waals surface area contributed by atoms with Gasteiger partial charge in [-0.05, 0) is 61.0 Å². The van der Waals surface area contributed by atoms with Gasteiger partial charge in [-0.1, -0.05) is 30.3 Å². The van der Waals surface area contributed by atoms with E-state index in [0.717, 1.165) is 5.56 Å². The lowest BCUT2D eigenvalue weighted by Gasteiger charge is -2.41. The molecule has 0 aromatic heterocycles. The first-order valence-corrected chi connectivity index (χ1v) is 15.9. The van der Waals surface area contributed by atoms with Crippen LogP contribution in [-0.4, -0.2) is 116 Å². The number of methoxy groups -OCH3 is 2. The van der Waals surface area contributed by atoms with Gasteiger partial charge in [-0.15, -0.1) is 0 Å². The number of hydrogen-bond donors (Lipinski definition) is 1. The van der Waals surface area contributed by atoms with Gasteiger partial charge in [-0.2, -0.15) is 0 Å². The fourth-order valence-corrected chi connectivity index (χ4v) is 7.56. The van der Waals surface area contributed by atoms with Gasteiger partial charge in [0.15, 0.2) is 23.1 Å². The third-order valence-corrected chi connectivity index (χ3v) is 9.10. The molecule has 254 valence electrons. The smallest absolute Gasteiger partial charge is 0.164 e. The van der Waals surface area contributed by atoms with Gasteiger partial charge in [0, 0.05) is 14.2 Å². The maximum atomic E-state index is 10.8. The molecule has 12 heteroatoms. The van der Waals surface area contributed by atoms with E-state index in [1.807, 2.05) is 85.7 Å². The molecule has 1 aromatic carbocycles. The summed E-state index contributed by atoms with van der Waals surface area (Å²) in [5, 5.41) is 10.8. The van der Waals surface area contributed by atoms with Gasteiger partial charge in [-0.3, -0.25) is 0 Å². The molecule has 1 aromatic rings. The number of benzene rings is 1. The maximum Gasteiger partial charge on any atom is 0.164 e. The van der Waals surface area contributed by atoms with E-state index < -0.39 is 53.7 Å². The molecule has 45 heavy (non-hydrogen) atoms. The van der Waals surface area contributed by atoms with Crippen molar-refractivity contribution in [3.63, 3.8) is 0 Å². The molecule has 0 spiro atoms. The summed E-state index contributed by atoms with van der Waals surface area (Å²) < 4.78 is 65.5. The fraction of sp³-hybridized carbons (Fsp3) is 0.818. The van der Waals surface area contributed by atoms with Gasteiger partial charge in [0.2, 0.25) is 0 Å². The Balaban J connectivity index is 0.000000163. The number of aliphatic hydroxyl groups excluding tert-OH is 1. The zero-order valence-corrected chi connectivity index (χ0v) is 28.0. The number of aliphatic hydroxyl groups is 1. The molecule has 4 unspecified atom stereocenters. The quantitative estimate of drug-likeness (QED) is 0.510. The summed E-state index contributed by atoms with van der Waals surface area (Å²) in [5.74, 6) is -2.87. The topological polar surface area (TPSA) is 122 Å². The Labute approximate surface area is 265 Å². The van der Waals surface area contributed by atoms with E-state index in [2.05, 4.69) is 0 Å². The molecule has 4 saturated heterocycles. The molecule has 0 bridgehead atoms. The highest BCUT2D eigenvalue weighted by Gasteiger charge is 2.65. The van der Waals surface area contributed by atoms with Crippen LogP contribution in [0.5, 0.6) is 0 Å². The Morgan fingerprint density at radius 1 is 0.511 bits per heavy atom. The first-order chi connectivity index (χ1) is 21.0. The van der Waals surface area contributed by atoms with Crippen molar-refractivity contribution in [3.05, 3.63) is 35.9 Å². The minimum absolute atomic E-state index is 0.223. The highest BCUT2D eigenvalue weighted by Crippen LogP contribution is 2.47. The molecule has 0 radical (unpaired) electrons. The lowest BCUT2D eigenvalue weighted by atomic mass is 9.85. The fourth-order valence-electron chi connectivity index (χ4n) is 7.56. The monoisotopic (exact) mass is 638 g/mol. The average Bonchev–Trinajstić information content (AvgIpc) is 3.66. The van der Waals surface area contributed by atoms with Crippen molar-refractivity contribution in [2.75, 3.05) is 14.2 Å². The molecule has 2 aliphatic carbocycles. The predicted octanol–water partition coefficient (Wildman–Crippen LogP) is 3.06. The molecular formula is C33H50O12. The van der Waals surface area contributed by atoms with Crippen molar-refractivity contribution in [2.24, 2.45) is 0 Å². The molecule has 12 nitrogen and oxygen atoms in total. The van der Waals surface area contributed by atoms with E-state index in [1.165, 1.54) is 0 Å². The van der Waals surface area contributed by atoms with E-state index in [4.69, 9.17) is 52.1 Å².